The molecule has 0 aliphatic carbocycles. The molecule has 0 amide bonds. The van der Waals surface area contributed by atoms with Gasteiger partial charge in [0.1, 0.15) is 12.2 Å². The second-order valence-electron chi connectivity index (χ2n) is 2.59. The van der Waals surface area contributed by atoms with Crippen molar-refractivity contribution >= 4 is 5.97 Å². The third-order valence-electron chi connectivity index (χ3n) is 1.72. The van der Waals surface area contributed by atoms with Gasteiger partial charge in [-0.25, -0.2) is 4.79 Å². The number of hydrogen-bond donors (Lipinski definition) is 4. The fourth-order valence-electron chi connectivity index (χ4n) is 1.00. The number of carbonyl (C=O) groups is 1. The summed E-state index contributed by atoms with van der Waals surface area (Å²) in [4.78, 5) is 10.6. The maximum absolute atomic E-state index is 10.6. The molecule has 0 aromatic heterocycles. The van der Waals surface area contributed by atoms with Crippen molar-refractivity contribution in [2.75, 3.05) is 6.61 Å². The molecule has 0 radical (unpaired) electrons. The normalized spacial score (nSPS) is 38.0. The quantitative estimate of drug-likeness (QED) is 0.335. The van der Waals surface area contributed by atoms with Crippen LogP contribution in [0.2, 0.25) is 0 Å². The molecule has 0 saturated carbocycles. The first-order chi connectivity index (χ1) is 5.57. The van der Waals surface area contributed by atoms with Crippen molar-refractivity contribution in [2.45, 2.75) is 24.4 Å². The Kier molecular flexibility index (Phi) is 2.63. The minimum atomic E-state index is -1.63. The summed E-state index contributed by atoms with van der Waals surface area (Å²) < 4.78 is 4.39. The first kappa shape index (κ1) is 9.40. The molecule has 1 fully saturated rings. The van der Waals surface area contributed by atoms with Crippen LogP contribution in [0.4, 0.5) is 0 Å². The maximum atomic E-state index is 10.6. The monoisotopic (exact) mass is 178 g/mol. The number of carbonyl (C=O) groups excluding carboxylic acids is 1. The van der Waals surface area contributed by atoms with Gasteiger partial charge >= 0.3 is 5.97 Å². The van der Waals surface area contributed by atoms with Gasteiger partial charge in [0, 0.05) is 0 Å². The van der Waals surface area contributed by atoms with E-state index in [1.807, 2.05) is 0 Å². The van der Waals surface area contributed by atoms with Crippen LogP contribution >= 0.6 is 0 Å². The molecule has 1 rings (SSSR count). The van der Waals surface area contributed by atoms with Crippen LogP contribution in [0.25, 0.3) is 0 Å². The molecule has 0 aromatic rings. The number of hydrogen-bond acceptors (Lipinski definition) is 6. The largest absolute Gasteiger partial charge is 0.455 e. The molecule has 1 saturated heterocycles. The molecule has 6 heteroatoms. The van der Waals surface area contributed by atoms with Crippen molar-refractivity contribution in [1.82, 2.24) is 0 Å². The summed E-state index contributed by atoms with van der Waals surface area (Å²) in [7, 11) is 0. The minimum absolute atomic E-state index is 0.637. The molecule has 2 unspecified atom stereocenters. The van der Waals surface area contributed by atoms with Gasteiger partial charge in [-0.2, -0.15) is 0 Å². The fourth-order valence-corrected chi connectivity index (χ4v) is 1.00. The van der Waals surface area contributed by atoms with Crippen molar-refractivity contribution in [3.05, 3.63) is 0 Å². The molecule has 6 nitrogen and oxygen atoms in total. The van der Waals surface area contributed by atoms with Crippen LogP contribution in [0.1, 0.15) is 0 Å². The highest BCUT2D eigenvalue weighted by Crippen LogP contribution is 2.18. The molecule has 0 bridgehead atoms. The van der Waals surface area contributed by atoms with Crippen molar-refractivity contribution in [3.63, 3.8) is 0 Å². The Bertz CT molecular complexity index is 181. The second kappa shape index (κ2) is 3.36. The lowest BCUT2D eigenvalue weighted by Crippen LogP contribution is -2.40. The summed E-state index contributed by atoms with van der Waals surface area (Å²) >= 11 is 0. The van der Waals surface area contributed by atoms with Gasteiger partial charge in [-0.3, -0.25) is 0 Å². The number of aliphatic hydroxyl groups excluding tert-OH is 4. The van der Waals surface area contributed by atoms with Gasteiger partial charge in [0.15, 0.2) is 12.2 Å². The first-order valence-corrected chi connectivity index (χ1v) is 3.43. The van der Waals surface area contributed by atoms with E-state index < -0.39 is 37.0 Å². The van der Waals surface area contributed by atoms with Crippen LogP contribution in [-0.4, -0.2) is 57.4 Å². The predicted octanol–water partition coefficient (Wildman–Crippen LogP) is -3.01. The van der Waals surface area contributed by atoms with Crippen molar-refractivity contribution < 1.29 is 30.0 Å². The number of aliphatic hydroxyl groups is 4. The zero-order valence-corrected chi connectivity index (χ0v) is 6.12. The van der Waals surface area contributed by atoms with Gasteiger partial charge in [0.2, 0.25) is 0 Å². The summed E-state index contributed by atoms with van der Waals surface area (Å²) in [5.41, 5.74) is 0. The standard InChI is InChI=1S/C6H10O6/c7-1-2(8)5-3(9)4(10)6(11)12-5/h2-5,7-10H,1H2/t2?,3-,4?,5+/m1/s1. The highest BCUT2D eigenvalue weighted by atomic mass is 16.6. The number of esters is 1. The third kappa shape index (κ3) is 1.42. The Labute approximate surface area is 68.0 Å². The molecular formula is C6H10O6. The molecular weight excluding hydrogens is 168 g/mol. The van der Waals surface area contributed by atoms with E-state index in [0.29, 0.717) is 0 Å². The number of ether oxygens (including phenoxy) is 1. The van der Waals surface area contributed by atoms with E-state index in [2.05, 4.69) is 4.74 Å². The van der Waals surface area contributed by atoms with E-state index in [-0.39, 0.29) is 0 Å². The molecule has 1 aliphatic rings. The molecule has 0 spiro atoms. The molecule has 4 N–H and O–H groups in total. The first-order valence-electron chi connectivity index (χ1n) is 3.43. The van der Waals surface area contributed by atoms with Gasteiger partial charge in [0.05, 0.1) is 6.61 Å². The highest BCUT2D eigenvalue weighted by Gasteiger charge is 2.45. The summed E-state index contributed by atoms with van der Waals surface area (Å²) in [6.07, 6.45) is -5.70. The molecule has 1 heterocycles. The topological polar surface area (TPSA) is 107 Å². The molecule has 0 aromatic carbocycles. The van der Waals surface area contributed by atoms with E-state index >= 15 is 0 Å². The summed E-state index contributed by atoms with van der Waals surface area (Å²) in [6.45, 7) is -0.637. The van der Waals surface area contributed by atoms with Crippen LogP contribution in [0.3, 0.4) is 0 Å². The van der Waals surface area contributed by atoms with Gasteiger partial charge in [-0.15, -0.1) is 0 Å². The Hall–Kier alpha value is -0.690. The van der Waals surface area contributed by atoms with Crippen LogP contribution in [0.15, 0.2) is 0 Å². The lowest BCUT2D eigenvalue weighted by Gasteiger charge is -2.17. The molecule has 1 aliphatic heterocycles. The van der Waals surface area contributed by atoms with E-state index in [9.17, 15) is 4.79 Å². The number of rotatable bonds is 2. The van der Waals surface area contributed by atoms with Gasteiger partial charge in [-0.05, 0) is 0 Å². The van der Waals surface area contributed by atoms with E-state index in [0.717, 1.165) is 0 Å². The number of cyclic esters (lactones) is 1. The van der Waals surface area contributed by atoms with Crippen LogP contribution in [-0.2, 0) is 9.53 Å². The average Bonchev–Trinajstić information content (AvgIpc) is 2.32. The van der Waals surface area contributed by atoms with Gasteiger partial charge in [0.25, 0.3) is 0 Å². The maximum Gasteiger partial charge on any atom is 0.338 e. The summed E-state index contributed by atoms with van der Waals surface area (Å²) in [6, 6.07) is 0. The fraction of sp³-hybridized carbons (Fsp3) is 0.833. The molecule has 70 valence electrons. The van der Waals surface area contributed by atoms with E-state index in [1.165, 1.54) is 0 Å². The van der Waals surface area contributed by atoms with E-state index in [1.54, 1.807) is 0 Å². The van der Waals surface area contributed by atoms with Crippen LogP contribution in [0.5, 0.6) is 0 Å². The summed E-state index contributed by atoms with van der Waals surface area (Å²) in [5, 5.41) is 35.3. The van der Waals surface area contributed by atoms with Gasteiger partial charge in [-0.1, -0.05) is 0 Å². The molecule has 4 atom stereocenters. The Morgan fingerprint density at radius 2 is 2.08 bits per heavy atom. The smallest absolute Gasteiger partial charge is 0.338 e. The summed E-state index contributed by atoms with van der Waals surface area (Å²) in [5.74, 6) is -0.986. The third-order valence-corrected chi connectivity index (χ3v) is 1.72. The lowest BCUT2D eigenvalue weighted by molar-refractivity contribution is -0.151. The highest BCUT2D eigenvalue weighted by molar-refractivity contribution is 5.77. The second-order valence-corrected chi connectivity index (χ2v) is 2.59. The van der Waals surface area contributed by atoms with E-state index in [4.69, 9.17) is 20.4 Å². The van der Waals surface area contributed by atoms with Crippen molar-refractivity contribution in [3.8, 4) is 0 Å². The Balaban J connectivity index is 2.64. The zero-order chi connectivity index (χ0) is 9.30. The average molecular weight is 178 g/mol. The van der Waals surface area contributed by atoms with Crippen molar-refractivity contribution in [2.24, 2.45) is 0 Å². The Morgan fingerprint density at radius 1 is 1.50 bits per heavy atom. The predicted molar refractivity (Wildman–Crippen MR) is 35.0 cm³/mol. The zero-order valence-electron chi connectivity index (χ0n) is 6.12. The molecule has 12 heavy (non-hydrogen) atoms. The minimum Gasteiger partial charge on any atom is -0.455 e. The lowest BCUT2D eigenvalue weighted by atomic mass is 10.1. The SMILES string of the molecule is O=C1O[C@@H](C(O)CO)[C@H](O)C1O. The van der Waals surface area contributed by atoms with Crippen LogP contribution < -0.4 is 0 Å². The van der Waals surface area contributed by atoms with Crippen LogP contribution in [0, 0.1) is 0 Å². The van der Waals surface area contributed by atoms with Crippen molar-refractivity contribution in [1.29, 1.82) is 0 Å². The Morgan fingerprint density at radius 3 is 2.42 bits per heavy atom. The van der Waals surface area contributed by atoms with Gasteiger partial charge < -0.3 is 25.2 Å².